The molecule has 2 nitrogen and oxygen atoms in total. The van der Waals surface area contributed by atoms with Crippen molar-refractivity contribution in [3.63, 3.8) is 0 Å². The van der Waals surface area contributed by atoms with Gasteiger partial charge in [0.05, 0.1) is 11.4 Å². The van der Waals surface area contributed by atoms with Crippen LogP contribution in [0.1, 0.15) is 19.5 Å². The van der Waals surface area contributed by atoms with Gasteiger partial charge < -0.3 is 5.32 Å². The summed E-state index contributed by atoms with van der Waals surface area (Å²) in [6.07, 6.45) is 2.92. The highest BCUT2D eigenvalue weighted by molar-refractivity contribution is 7.80. The first-order valence-corrected chi connectivity index (χ1v) is 5.42. The van der Waals surface area contributed by atoms with Crippen molar-refractivity contribution in [2.75, 3.05) is 6.54 Å². The summed E-state index contributed by atoms with van der Waals surface area (Å²) in [7, 11) is 0. The summed E-state index contributed by atoms with van der Waals surface area (Å²) in [5.41, 5.74) is 1.26. The lowest BCUT2D eigenvalue weighted by Gasteiger charge is -2.04. The Morgan fingerprint density at radius 3 is 2.86 bits per heavy atom. The van der Waals surface area contributed by atoms with Crippen molar-refractivity contribution in [1.29, 1.82) is 0 Å². The first kappa shape index (κ1) is 11.1. The normalized spacial score (nSPS) is 9.86. The fraction of sp³-hybridized carbons (Fsp3) is 0.455. The minimum absolute atomic E-state index is 0.831. The lowest BCUT2D eigenvalue weighted by atomic mass is 10.2. The Bertz CT molecular complexity index is 310. The predicted octanol–water partition coefficient (Wildman–Crippen LogP) is 1.47. The lowest BCUT2D eigenvalue weighted by molar-refractivity contribution is -0.700. The van der Waals surface area contributed by atoms with Crippen LogP contribution in [0.15, 0.2) is 24.4 Å². The molecule has 1 rings (SSSR count). The topological polar surface area (TPSA) is 15.9 Å². The summed E-state index contributed by atoms with van der Waals surface area (Å²) in [4.78, 5) is 0.918. The van der Waals surface area contributed by atoms with Crippen molar-refractivity contribution >= 4 is 17.2 Å². The van der Waals surface area contributed by atoms with Crippen molar-refractivity contribution < 1.29 is 4.57 Å². The van der Waals surface area contributed by atoms with Crippen LogP contribution in [0, 0.1) is 0 Å². The maximum atomic E-state index is 5.22. The van der Waals surface area contributed by atoms with Gasteiger partial charge in [-0.2, -0.15) is 0 Å². The summed E-state index contributed by atoms with van der Waals surface area (Å²) in [6, 6.07) is 6.21. The Morgan fingerprint density at radius 2 is 2.21 bits per heavy atom. The average molecular weight is 209 g/mol. The van der Waals surface area contributed by atoms with E-state index in [1.54, 1.807) is 0 Å². The minimum atomic E-state index is 0.831. The molecular weight excluding hydrogens is 192 g/mol. The molecule has 1 N–H and O–H groups in total. The molecule has 3 heteroatoms. The fourth-order valence-electron chi connectivity index (χ4n) is 1.40. The maximum absolute atomic E-state index is 5.22. The van der Waals surface area contributed by atoms with Crippen molar-refractivity contribution in [3.05, 3.63) is 30.1 Å². The van der Waals surface area contributed by atoms with Gasteiger partial charge in [0.15, 0.2) is 11.9 Å². The van der Waals surface area contributed by atoms with E-state index in [9.17, 15) is 0 Å². The zero-order valence-electron chi connectivity index (χ0n) is 8.79. The van der Waals surface area contributed by atoms with Crippen molar-refractivity contribution in [1.82, 2.24) is 5.32 Å². The molecule has 0 unspecified atom stereocenters. The average Bonchev–Trinajstić information content (AvgIpc) is 2.19. The third-order valence-corrected chi connectivity index (χ3v) is 2.38. The maximum Gasteiger partial charge on any atom is 0.188 e. The Balaban J connectivity index is 2.70. The smallest absolute Gasteiger partial charge is 0.188 e. The highest BCUT2D eigenvalue weighted by atomic mass is 32.1. The molecule has 0 aliphatic carbocycles. The minimum Gasteiger partial charge on any atom is -0.379 e. The summed E-state index contributed by atoms with van der Waals surface area (Å²) in [5, 5.41) is 3.16. The number of hydrogen-bond acceptors (Lipinski definition) is 1. The highest BCUT2D eigenvalue weighted by Crippen LogP contribution is 1.94. The third-order valence-electron chi connectivity index (χ3n) is 2.09. The summed E-state index contributed by atoms with van der Waals surface area (Å²) >= 11 is 5.22. The predicted molar refractivity (Wildman–Crippen MR) is 62.3 cm³/mol. The number of aryl methyl sites for hydroxylation is 1. The standard InChI is InChI=1S/C11H16N2S/c1-3-12-11(14)9-10-7-5-6-8-13(10)4-2/h5-8H,3-4,9H2,1-2H3/p+1. The van der Waals surface area contributed by atoms with Crippen LogP contribution in [0.4, 0.5) is 0 Å². The van der Waals surface area contributed by atoms with Crippen LogP contribution in [-0.4, -0.2) is 11.5 Å². The zero-order valence-corrected chi connectivity index (χ0v) is 9.60. The van der Waals surface area contributed by atoms with Crippen LogP contribution < -0.4 is 9.88 Å². The molecule has 0 amide bonds. The van der Waals surface area contributed by atoms with Gasteiger partial charge in [-0.05, 0) is 13.8 Å². The van der Waals surface area contributed by atoms with E-state index in [0.717, 1.165) is 24.5 Å². The molecule has 14 heavy (non-hydrogen) atoms. The molecule has 1 aromatic rings. The molecular formula is C11H17N2S+. The number of thiocarbonyl (C=S) groups is 1. The van der Waals surface area contributed by atoms with Crippen LogP contribution in [0.3, 0.4) is 0 Å². The summed E-state index contributed by atoms with van der Waals surface area (Å²) in [6.45, 7) is 6.09. The first-order valence-electron chi connectivity index (χ1n) is 5.02. The molecule has 0 aromatic carbocycles. The van der Waals surface area contributed by atoms with Gasteiger partial charge in [-0.15, -0.1) is 0 Å². The van der Waals surface area contributed by atoms with Crippen LogP contribution in [0.25, 0.3) is 0 Å². The van der Waals surface area contributed by atoms with Gasteiger partial charge in [-0.25, -0.2) is 4.57 Å². The number of nitrogens with zero attached hydrogens (tertiary/aromatic N) is 1. The van der Waals surface area contributed by atoms with E-state index < -0.39 is 0 Å². The van der Waals surface area contributed by atoms with Gasteiger partial charge in [0.1, 0.15) is 6.54 Å². The number of rotatable bonds is 4. The highest BCUT2D eigenvalue weighted by Gasteiger charge is 2.08. The first-order chi connectivity index (χ1) is 6.77. The number of pyridine rings is 1. The van der Waals surface area contributed by atoms with Crippen molar-refractivity contribution in [2.24, 2.45) is 0 Å². The Hall–Kier alpha value is -0.960. The zero-order chi connectivity index (χ0) is 10.4. The second-order valence-electron chi connectivity index (χ2n) is 3.11. The number of hydrogen-bond donors (Lipinski definition) is 1. The van der Waals surface area contributed by atoms with E-state index in [-0.39, 0.29) is 0 Å². The summed E-state index contributed by atoms with van der Waals surface area (Å²) < 4.78 is 2.21. The Morgan fingerprint density at radius 1 is 1.43 bits per heavy atom. The van der Waals surface area contributed by atoms with Gasteiger partial charge >= 0.3 is 0 Å². The van der Waals surface area contributed by atoms with Crippen LogP contribution in [0.5, 0.6) is 0 Å². The molecule has 0 fully saturated rings. The molecule has 1 heterocycles. The van der Waals surface area contributed by atoms with Crippen LogP contribution in [-0.2, 0) is 13.0 Å². The second kappa shape index (κ2) is 5.70. The van der Waals surface area contributed by atoms with E-state index in [0.29, 0.717) is 0 Å². The fourth-order valence-corrected chi connectivity index (χ4v) is 1.70. The Kier molecular flexibility index (Phi) is 4.53. The van der Waals surface area contributed by atoms with Gasteiger partial charge in [-0.3, -0.25) is 0 Å². The van der Waals surface area contributed by atoms with Gasteiger partial charge in [-0.1, -0.05) is 18.3 Å². The van der Waals surface area contributed by atoms with Crippen LogP contribution in [0.2, 0.25) is 0 Å². The number of nitrogens with one attached hydrogen (secondary N) is 1. The largest absolute Gasteiger partial charge is 0.379 e. The number of likely N-dealkylation sites (N-methyl/N-ethyl adjacent to an activating group) is 1. The molecule has 0 atom stereocenters. The molecule has 0 aliphatic heterocycles. The van der Waals surface area contributed by atoms with Gasteiger partial charge in [0.25, 0.3) is 0 Å². The van der Waals surface area contributed by atoms with E-state index >= 15 is 0 Å². The monoisotopic (exact) mass is 209 g/mol. The lowest BCUT2D eigenvalue weighted by Crippen LogP contribution is -2.39. The van der Waals surface area contributed by atoms with Crippen LogP contribution >= 0.6 is 12.2 Å². The molecule has 0 radical (unpaired) electrons. The quantitative estimate of drug-likeness (QED) is 0.597. The van der Waals surface area contributed by atoms with E-state index in [4.69, 9.17) is 12.2 Å². The summed E-state index contributed by atoms with van der Waals surface area (Å²) in [5.74, 6) is 0. The number of aromatic nitrogens is 1. The van der Waals surface area contributed by atoms with Gasteiger partial charge in [0, 0.05) is 18.7 Å². The molecule has 0 aliphatic rings. The Labute approximate surface area is 91.0 Å². The molecule has 0 bridgehead atoms. The van der Waals surface area contributed by atoms with Crippen molar-refractivity contribution in [2.45, 2.75) is 26.8 Å². The molecule has 0 saturated heterocycles. The van der Waals surface area contributed by atoms with E-state index in [1.165, 1.54) is 5.69 Å². The van der Waals surface area contributed by atoms with E-state index in [2.05, 4.69) is 42.1 Å². The molecule has 1 aromatic heterocycles. The molecule has 0 spiro atoms. The molecule has 0 saturated carbocycles. The molecule has 76 valence electrons. The second-order valence-corrected chi connectivity index (χ2v) is 3.60. The van der Waals surface area contributed by atoms with Gasteiger partial charge in [0.2, 0.25) is 0 Å². The van der Waals surface area contributed by atoms with E-state index in [1.807, 2.05) is 6.07 Å². The third kappa shape index (κ3) is 3.07. The van der Waals surface area contributed by atoms with Crippen molar-refractivity contribution in [3.8, 4) is 0 Å². The SMILES string of the molecule is CCNC(=S)Cc1cccc[n+]1CC.